The monoisotopic (exact) mass is 284 g/mol. The van der Waals surface area contributed by atoms with Crippen LogP contribution in [0.15, 0.2) is 53.1 Å². The quantitative estimate of drug-likeness (QED) is 0.809. The normalized spacial score (nSPS) is 12.2. The molecule has 0 bridgehead atoms. The van der Waals surface area contributed by atoms with E-state index in [4.69, 9.17) is 9.68 Å². The molecule has 0 amide bonds. The third kappa shape index (κ3) is 5.42. The van der Waals surface area contributed by atoms with Crippen molar-refractivity contribution in [2.45, 2.75) is 25.5 Å². The first-order valence-electron chi connectivity index (χ1n) is 7.11. The second-order valence-electron chi connectivity index (χ2n) is 5.07. The summed E-state index contributed by atoms with van der Waals surface area (Å²) in [4.78, 5) is 2.05. The van der Waals surface area contributed by atoms with E-state index in [1.54, 1.807) is 6.26 Å². The number of nitriles is 1. The second kappa shape index (κ2) is 8.25. The summed E-state index contributed by atoms with van der Waals surface area (Å²) >= 11 is 0. The van der Waals surface area contributed by atoms with E-state index in [0.29, 0.717) is 32.5 Å². The highest BCUT2D eigenvalue weighted by Crippen LogP contribution is 2.09. The average molecular weight is 284 g/mol. The van der Waals surface area contributed by atoms with Gasteiger partial charge in [-0.2, -0.15) is 5.26 Å². The highest BCUT2D eigenvalue weighted by molar-refractivity contribution is 5.15. The Kier molecular flexibility index (Phi) is 6.01. The zero-order valence-corrected chi connectivity index (χ0v) is 12.0. The molecule has 0 aliphatic carbocycles. The number of benzene rings is 1. The van der Waals surface area contributed by atoms with Gasteiger partial charge in [-0.1, -0.05) is 30.3 Å². The SMILES string of the molecule is N#CCCN(Cc1ccco1)CC(O)Cc1ccccc1. The maximum atomic E-state index is 10.2. The number of aliphatic hydroxyl groups excluding tert-OH is 1. The number of hydrogen-bond donors (Lipinski definition) is 1. The smallest absolute Gasteiger partial charge is 0.117 e. The molecule has 21 heavy (non-hydrogen) atoms. The van der Waals surface area contributed by atoms with Crippen molar-refractivity contribution in [1.29, 1.82) is 5.26 Å². The Bertz CT molecular complexity index is 546. The summed E-state index contributed by atoms with van der Waals surface area (Å²) in [6.45, 7) is 1.76. The Morgan fingerprint density at radius 3 is 2.67 bits per heavy atom. The molecule has 0 radical (unpaired) electrons. The van der Waals surface area contributed by atoms with Gasteiger partial charge in [-0.15, -0.1) is 0 Å². The molecule has 4 heteroatoms. The summed E-state index contributed by atoms with van der Waals surface area (Å²) in [5.74, 6) is 0.847. The van der Waals surface area contributed by atoms with Crippen LogP contribution in [0.3, 0.4) is 0 Å². The standard InChI is InChI=1S/C17H20N2O2/c18-9-5-10-19(14-17-8-4-11-21-17)13-16(20)12-15-6-2-1-3-7-15/h1-4,6-8,11,16,20H,5,10,12-14H2. The van der Waals surface area contributed by atoms with Gasteiger partial charge in [-0.3, -0.25) is 4.90 Å². The minimum absolute atomic E-state index is 0.443. The summed E-state index contributed by atoms with van der Waals surface area (Å²) in [6, 6.07) is 15.8. The van der Waals surface area contributed by atoms with Gasteiger partial charge < -0.3 is 9.52 Å². The Morgan fingerprint density at radius 2 is 2.00 bits per heavy atom. The predicted octanol–water partition coefficient (Wildman–Crippen LogP) is 2.60. The van der Waals surface area contributed by atoms with E-state index in [9.17, 15) is 5.11 Å². The van der Waals surface area contributed by atoms with Crippen molar-refractivity contribution in [2.75, 3.05) is 13.1 Å². The molecule has 0 aliphatic heterocycles. The van der Waals surface area contributed by atoms with E-state index >= 15 is 0 Å². The molecule has 0 aliphatic rings. The molecular weight excluding hydrogens is 264 g/mol. The molecule has 1 atom stereocenters. The molecule has 0 saturated heterocycles. The maximum Gasteiger partial charge on any atom is 0.117 e. The molecule has 1 heterocycles. The molecular formula is C17H20N2O2. The molecule has 4 nitrogen and oxygen atoms in total. The first kappa shape index (κ1) is 15.3. The maximum absolute atomic E-state index is 10.2. The van der Waals surface area contributed by atoms with Crippen molar-refractivity contribution in [3.05, 3.63) is 60.1 Å². The molecule has 1 unspecified atom stereocenters. The minimum atomic E-state index is -0.457. The van der Waals surface area contributed by atoms with Gasteiger partial charge >= 0.3 is 0 Å². The lowest BCUT2D eigenvalue weighted by Gasteiger charge is -2.23. The van der Waals surface area contributed by atoms with E-state index in [1.807, 2.05) is 42.5 Å². The van der Waals surface area contributed by atoms with Crippen molar-refractivity contribution >= 4 is 0 Å². The third-order valence-electron chi connectivity index (χ3n) is 3.28. The highest BCUT2D eigenvalue weighted by Gasteiger charge is 2.13. The summed E-state index contributed by atoms with van der Waals surface area (Å²) in [5.41, 5.74) is 1.11. The van der Waals surface area contributed by atoms with Crippen molar-refractivity contribution in [2.24, 2.45) is 0 Å². The predicted molar refractivity (Wildman–Crippen MR) is 80.4 cm³/mol. The fourth-order valence-corrected chi connectivity index (χ4v) is 2.31. The van der Waals surface area contributed by atoms with Crippen LogP contribution in [0.1, 0.15) is 17.7 Å². The van der Waals surface area contributed by atoms with Crippen LogP contribution in [0.5, 0.6) is 0 Å². The molecule has 110 valence electrons. The summed E-state index contributed by atoms with van der Waals surface area (Å²) < 4.78 is 5.34. The summed E-state index contributed by atoms with van der Waals surface area (Å²) in [6.07, 6.45) is 2.24. The van der Waals surface area contributed by atoms with E-state index in [2.05, 4.69) is 11.0 Å². The minimum Gasteiger partial charge on any atom is -0.468 e. The largest absolute Gasteiger partial charge is 0.468 e. The molecule has 2 aromatic rings. The molecule has 2 rings (SSSR count). The van der Waals surface area contributed by atoms with Gasteiger partial charge in [0.25, 0.3) is 0 Å². The van der Waals surface area contributed by atoms with E-state index < -0.39 is 6.10 Å². The van der Waals surface area contributed by atoms with Crippen LogP contribution in [0, 0.1) is 11.3 Å². The number of hydrogen-bond acceptors (Lipinski definition) is 4. The van der Waals surface area contributed by atoms with Crippen molar-refractivity contribution in [3.63, 3.8) is 0 Å². The summed E-state index contributed by atoms with van der Waals surface area (Å²) in [5, 5.41) is 19.0. The second-order valence-corrected chi connectivity index (χ2v) is 5.07. The number of nitrogens with zero attached hydrogens (tertiary/aromatic N) is 2. The van der Waals surface area contributed by atoms with E-state index in [0.717, 1.165) is 11.3 Å². The molecule has 0 saturated carbocycles. The summed E-state index contributed by atoms with van der Waals surface area (Å²) in [7, 11) is 0. The van der Waals surface area contributed by atoms with Crippen LogP contribution in [0.2, 0.25) is 0 Å². The Labute approximate surface area is 125 Å². The lowest BCUT2D eigenvalue weighted by Crippen LogP contribution is -2.33. The van der Waals surface area contributed by atoms with Crippen molar-refractivity contribution in [1.82, 2.24) is 4.90 Å². The van der Waals surface area contributed by atoms with Crippen LogP contribution in [-0.2, 0) is 13.0 Å². The Hall–Kier alpha value is -2.09. The van der Waals surface area contributed by atoms with Crippen LogP contribution in [0.25, 0.3) is 0 Å². The van der Waals surface area contributed by atoms with Gasteiger partial charge in [-0.25, -0.2) is 0 Å². The van der Waals surface area contributed by atoms with Crippen LogP contribution < -0.4 is 0 Å². The van der Waals surface area contributed by atoms with Crippen LogP contribution in [-0.4, -0.2) is 29.2 Å². The molecule has 1 N–H and O–H groups in total. The fraction of sp³-hybridized carbons (Fsp3) is 0.353. The van der Waals surface area contributed by atoms with E-state index in [-0.39, 0.29) is 0 Å². The highest BCUT2D eigenvalue weighted by atomic mass is 16.3. The molecule has 1 aromatic carbocycles. The van der Waals surface area contributed by atoms with E-state index in [1.165, 1.54) is 0 Å². The lowest BCUT2D eigenvalue weighted by molar-refractivity contribution is 0.106. The van der Waals surface area contributed by atoms with Gasteiger partial charge in [0.15, 0.2) is 0 Å². The van der Waals surface area contributed by atoms with Crippen molar-refractivity contribution in [3.8, 4) is 6.07 Å². The lowest BCUT2D eigenvalue weighted by atomic mass is 10.1. The van der Waals surface area contributed by atoms with Gasteiger partial charge in [-0.05, 0) is 24.1 Å². The number of furan rings is 1. The van der Waals surface area contributed by atoms with Crippen molar-refractivity contribution < 1.29 is 9.52 Å². The first-order valence-corrected chi connectivity index (χ1v) is 7.11. The Morgan fingerprint density at radius 1 is 1.19 bits per heavy atom. The first-order chi connectivity index (χ1) is 10.3. The van der Waals surface area contributed by atoms with Crippen LogP contribution in [0.4, 0.5) is 0 Å². The zero-order valence-electron chi connectivity index (χ0n) is 12.0. The molecule has 0 fully saturated rings. The molecule has 1 aromatic heterocycles. The average Bonchev–Trinajstić information content (AvgIpc) is 2.98. The van der Waals surface area contributed by atoms with Gasteiger partial charge in [0, 0.05) is 19.5 Å². The number of rotatable bonds is 8. The molecule has 0 spiro atoms. The van der Waals surface area contributed by atoms with Crippen LogP contribution >= 0.6 is 0 Å². The van der Waals surface area contributed by atoms with Gasteiger partial charge in [0.05, 0.1) is 25.0 Å². The Balaban J connectivity index is 1.89. The topological polar surface area (TPSA) is 60.4 Å². The zero-order chi connectivity index (χ0) is 14.9. The van der Waals surface area contributed by atoms with Gasteiger partial charge in [0.1, 0.15) is 5.76 Å². The third-order valence-corrected chi connectivity index (χ3v) is 3.28. The number of aliphatic hydroxyl groups is 1. The fourth-order valence-electron chi connectivity index (χ4n) is 2.31. The van der Waals surface area contributed by atoms with Gasteiger partial charge in [0.2, 0.25) is 0 Å².